The lowest BCUT2D eigenvalue weighted by atomic mass is 10.1. The van der Waals surface area contributed by atoms with Crippen LogP contribution in [0.25, 0.3) is 0 Å². The van der Waals surface area contributed by atoms with Crippen LogP contribution in [-0.2, 0) is 14.3 Å². The zero-order valence-corrected chi connectivity index (χ0v) is 9.42. The molecule has 5 nitrogen and oxygen atoms in total. The Morgan fingerprint density at radius 2 is 2.41 bits per heavy atom. The lowest BCUT2D eigenvalue weighted by Gasteiger charge is -2.10. The number of hydrogen-bond donors (Lipinski definition) is 1. The first-order valence-corrected chi connectivity index (χ1v) is 5.26. The van der Waals surface area contributed by atoms with Crippen molar-refractivity contribution in [1.82, 2.24) is 0 Å². The van der Waals surface area contributed by atoms with Gasteiger partial charge < -0.3 is 14.6 Å². The van der Waals surface area contributed by atoms with Crippen LogP contribution in [0.2, 0.25) is 0 Å². The Hall–Kier alpha value is -1.88. The lowest BCUT2D eigenvalue weighted by molar-refractivity contribution is -0.150. The summed E-state index contributed by atoms with van der Waals surface area (Å²) in [5.41, 5.74) is 1.22. The standard InChI is InChI=1S/C12H13NO4/c1-16-12(15)10(14)8-3-2-4-9(7-8)11-13-5-6-17-11/h2-4,7,10,14H,5-6H2,1H3. The molecule has 1 aliphatic heterocycles. The van der Waals surface area contributed by atoms with Crippen LogP contribution >= 0.6 is 0 Å². The molecule has 1 unspecified atom stereocenters. The fourth-order valence-electron chi connectivity index (χ4n) is 1.60. The van der Waals surface area contributed by atoms with Crippen LogP contribution in [-0.4, -0.2) is 37.2 Å². The van der Waals surface area contributed by atoms with Crippen LogP contribution in [0.5, 0.6) is 0 Å². The summed E-state index contributed by atoms with van der Waals surface area (Å²) in [5, 5.41) is 9.70. The number of carbonyl (C=O) groups is 1. The SMILES string of the molecule is COC(=O)C(O)c1cccc(C2=NCCO2)c1. The van der Waals surface area contributed by atoms with E-state index in [0.29, 0.717) is 24.6 Å². The van der Waals surface area contributed by atoms with Crippen molar-refractivity contribution in [2.75, 3.05) is 20.3 Å². The van der Waals surface area contributed by atoms with Crippen molar-refractivity contribution in [1.29, 1.82) is 0 Å². The largest absolute Gasteiger partial charge is 0.476 e. The van der Waals surface area contributed by atoms with Gasteiger partial charge >= 0.3 is 5.97 Å². The molecule has 0 amide bonds. The first-order valence-electron chi connectivity index (χ1n) is 5.26. The van der Waals surface area contributed by atoms with Gasteiger partial charge in [-0.25, -0.2) is 9.79 Å². The molecule has 0 bridgehead atoms. The molecule has 0 spiro atoms. The van der Waals surface area contributed by atoms with Gasteiger partial charge in [0.25, 0.3) is 0 Å². The number of esters is 1. The summed E-state index contributed by atoms with van der Waals surface area (Å²) in [6, 6.07) is 6.88. The van der Waals surface area contributed by atoms with Crippen molar-refractivity contribution in [3.8, 4) is 0 Å². The molecule has 1 aromatic carbocycles. The summed E-state index contributed by atoms with van der Waals surface area (Å²) < 4.78 is 9.79. The lowest BCUT2D eigenvalue weighted by Crippen LogP contribution is -2.14. The second-order valence-electron chi connectivity index (χ2n) is 3.59. The van der Waals surface area contributed by atoms with Gasteiger partial charge in [0.05, 0.1) is 13.7 Å². The third-order valence-electron chi connectivity index (χ3n) is 2.46. The first-order chi connectivity index (χ1) is 8.22. The Balaban J connectivity index is 2.25. The zero-order chi connectivity index (χ0) is 12.3. The van der Waals surface area contributed by atoms with E-state index < -0.39 is 12.1 Å². The van der Waals surface area contributed by atoms with Crippen LogP contribution in [0.1, 0.15) is 17.2 Å². The average molecular weight is 235 g/mol. The van der Waals surface area contributed by atoms with Gasteiger partial charge in [-0.2, -0.15) is 0 Å². The maximum atomic E-state index is 11.2. The van der Waals surface area contributed by atoms with Gasteiger partial charge in [-0.1, -0.05) is 12.1 Å². The molecule has 17 heavy (non-hydrogen) atoms. The van der Waals surface area contributed by atoms with Crippen molar-refractivity contribution >= 4 is 11.9 Å². The maximum absolute atomic E-state index is 11.2. The fourth-order valence-corrected chi connectivity index (χ4v) is 1.60. The van der Waals surface area contributed by atoms with Gasteiger partial charge in [0.1, 0.15) is 6.61 Å². The molecule has 90 valence electrons. The number of benzene rings is 1. The molecule has 0 saturated heterocycles. The van der Waals surface area contributed by atoms with Gasteiger partial charge in [0.15, 0.2) is 6.10 Å². The number of aliphatic imine (C=N–C) groups is 1. The number of rotatable bonds is 3. The highest BCUT2D eigenvalue weighted by molar-refractivity contribution is 5.95. The Kier molecular flexibility index (Phi) is 3.39. The smallest absolute Gasteiger partial charge is 0.339 e. The number of aliphatic hydroxyl groups excluding tert-OH is 1. The highest BCUT2D eigenvalue weighted by Gasteiger charge is 2.19. The molecular weight excluding hydrogens is 222 g/mol. The molecule has 1 aliphatic rings. The van der Waals surface area contributed by atoms with Crippen LogP contribution in [0.15, 0.2) is 29.3 Å². The van der Waals surface area contributed by atoms with Gasteiger partial charge in [-0.05, 0) is 17.7 Å². The summed E-state index contributed by atoms with van der Waals surface area (Å²) in [6.45, 7) is 1.21. The normalized spacial score (nSPS) is 16.0. The van der Waals surface area contributed by atoms with Gasteiger partial charge in [-0.3, -0.25) is 0 Å². The Morgan fingerprint density at radius 3 is 3.06 bits per heavy atom. The Labute approximate surface area is 98.7 Å². The van der Waals surface area contributed by atoms with E-state index in [4.69, 9.17) is 4.74 Å². The number of nitrogens with zero attached hydrogens (tertiary/aromatic N) is 1. The minimum Gasteiger partial charge on any atom is -0.476 e. The van der Waals surface area contributed by atoms with E-state index in [-0.39, 0.29) is 0 Å². The number of methoxy groups -OCH3 is 1. The highest BCUT2D eigenvalue weighted by Crippen LogP contribution is 2.17. The second kappa shape index (κ2) is 4.97. The van der Waals surface area contributed by atoms with E-state index >= 15 is 0 Å². The number of ether oxygens (including phenoxy) is 2. The molecule has 0 radical (unpaired) electrons. The summed E-state index contributed by atoms with van der Waals surface area (Å²) >= 11 is 0. The molecular formula is C12H13NO4. The van der Waals surface area contributed by atoms with Crippen LogP contribution < -0.4 is 0 Å². The molecule has 1 N–H and O–H groups in total. The molecule has 1 heterocycles. The molecule has 1 aromatic rings. The van der Waals surface area contributed by atoms with Crippen molar-refractivity contribution in [2.45, 2.75) is 6.10 Å². The average Bonchev–Trinajstić information content (AvgIpc) is 2.91. The predicted octanol–water partition coefficient (Wildman–Crippen LogP) is 0.670. The van der Waals surface area contributed by atoms with Gasteiger partial charge in [0.2, 0.25) is 5.90 Å². The highest BCUT2D eigenvalue weighted by atomic mass is 16.5. The molecule has 5 heteroatoms. The predicted molar refractivity (Wildman–Crippen MR) is 60.8 cm³/mol. The maximum Gasteiger partial charge on any atom is 0.339 e. The summed E-state index contributed by atoms with van der Waals surface area (Å²) in [7, 11) is 1.24. The van der Waals surface area contributed by atoms with E-state index in [0.717, 1.165) is 5.56 Å². The fraction of sp³-hybridized carbons (Fsp3) is 0.333. The molecule has 0 fully saturated rings. The van der Waals surface area contributed by atoms with Crippen LogP contribution in [0, 0.1) is 0 Å². The van der Waals surface area contributed by atoms with E-state index in [9.17, 15) is 9.90 Å². The summed E-state index contributed by atoms with van der Waals surface area (Å²) in [4.78, 5) is 15.4. The van der Waals surface area contributed by atoms with E-state index in [1.54, 1.807) is 18.2 Å². The topological polar surface area (TPSA) is 68.1 Å². The van der Waals surface area contributed by atoms with E-state index in [1.165, 1.54) is 7.11 Å². The zero-order valence-electron chi connectivity index (χ0n) is 9.42. The van der Waals surface area contributed by atoms with Crippen molar-refractivity contribution in [3.63, 3.8) is 0 Å². The van der Waals surface area contributed by atoms with Gasteiger partial charge in [-0.15, -0.1) is 0 Å². The van der Waals surface area contributed by atoms with E-state index in [2.05, 4.69) is 9.73 Å². The Bertz CT molecular complexity index is 456. The Morgan fingerprint density at radius 1 is 1.59 bits per heavy atom. The second-order valence-corrected chi connectivity index (χ2v) is 3.59. The van der Waals surface area contributed by atoms with E-state index in [1.807, 2.05) is 6.07 Å². The van der Waals surface area contributed by atoms with Crippen LogP contribution in [0.4, 0.5) is 0 Å². The molecule has 0 aromatic heterocycles. The quantitative estimate of drug-likeness (QED) is 0.782. The molecule has 1 atom stereocenters. The van der Waals surface area contributed by atoms with Crippen molar-refractivity contribution < 1.29 is 19.4 Å². The monoisotopic (exact) mass is 235 g/mol. The number of carbonyl (C=O) groups excluding carboxylic acids is 1. The van der Waals surface area contributed by atoms with Crippen molar-refractivity contribution in [3.05, 3.63) is 35.4 Å². The molecule has 0 aliphatic carbocycles. The number of hydrogen-bond acceptors (Lipinski definition) is 5. The summed E-state index contributed by atoms with van der Waals surface area (Å²) in [5.74, 6) is -0.139. The van der Waals surface area contributed by atoms with Crippen LogP contribution in [0.3, 0.4) is 0 Å². The first kappa shape index (κ1) is 11.6. The third-order valence-corrected chi connectivity index (χ3v) is 2.46. The third kappa shape index (κ3) is 2.45. The minimum atomic E-state index is -1.28. The molecule has 0 saturated carbocycles. The summed E-state index contributed by atoms with van der Waals surface area (Å²) in [6.07, 6.45) is -1.28. The van der Waals surface area contributed by atoms with Crippen molar-refractivity contribution in [2.24, 2.45) is 4.99 Å². The molecule has 2 rings (SSSR count). The minimum absolute atomic E-state index is 0.465. The number of aliphatic hydroxyl groups is 1. The van der Waals surface area contributed by atoms with Gasteiger partial charge in [0, 0.05) is 5.56 Å².